The molecule has 1 rings (SSSR count). The fraction of sp³-hybridized carbons (Fsp3) is 0.500. The van der Waals surface area contributed by atoms with E-state index in [2.05, 4.69) is 0 Å². The number of nitrogens with two attached hydrogens (primary N) is 1. The van der Waals surface area contributed by atoms with Crippen LogP contribution >= 0.6 is 12.4 Å². The second-order valence-corrected chi connectivity index (χ2v) is 3.23. The second-order valence-electron chi connectivity index (χ2n) is 3.23. The SMILES string of the molecule is COCCN(C)C(=O)c1coc(CN)c1.Cl. The van der Waals surface area contributed by atoms with E-state index in [1.807, 2.05) is 0 Å². The summed E-state index contributed by atoms with van der Waals surface area (Å²) in [6, 6.07) is 1.66. The molecule has 0 unspecified atom stereocenters. The van der Waals surface area contributed by atoms with Gasteiger partial charge in [0.05, 0.1) is 18.7 Å². The molecule has 5 nitrogen and oxygen atoms in total. The van der Waals surface area contributed by atoms with Crippen LogP contribution in [-0.4, -0.2) is 38.1 Å². The van der Waals surface area contributed by atoms with Gasteiger partial charge >= 0.3 is 0 Å². The van der Waals surface area contributed by atoms with Gasteiger partial charge in [0.1, 0.15) is 12.0 Å². The summed E-state index contributed by atoms with van der Waals surface area (Å²) in [5, 5.41) is 0. The zero-order chi connectivity index (χ0) is 11.3. The van der Waals surface area contributed by atoms with Crippen LogP contribution in [0.5, 0.6) is 0 Å². The first-order valence-corrected chi connectivity index (χ1v) is 4.71. The highest BCUT2D eigenvalue weighted by molar-refractivity contribution is 5.93. The Morgan fingerprint density at radius 3 is 2.81 bits per heavy atom. The minimum atomic E-state index is -0.0875. The maximum absolute atomic E-state index is 11.7. The third kappa shape index (κ3) is 3.84. The highest BCUT2D eigenvalue weighted by Gasteiger charge is 2.13. The highest BCUT2D eigenvalue weighted by Crippen LogP contribution is 2.09. The molecule has 0 spiro atoms. The molecule has 0 bridgehead atoms. The topological polar surface area (TPSA) is 68.7 Å². The lowest BCUT2D eigenvalue weighted by Gasteiger charge is -2.14. The number of hydrogen-bond acceptors (Lipinski definition) is 4. The van der Waals surface area contributed by atoms with Gasteiger partial charge in [0.25, 0.3) is 5.91 Å². The first-order chi connectivity index (χ1) is 7.19. The molecule has 0 aliphatic rings. The Hall–Kier alpha value is -1.04. The van der Waals surface area contributed by atoms with E-state index in [1.54, 1.807) is 25.1 Å². The zero-order valence-corrected chi connectivity index (χ0v) is 10.3. The molecule has 6 heteroatoms. The smallest absolute Gasteiger partial charge is 0.256 e. The number of amides is 1. The number of hydrogen-bond donors (Lipinski definition) is 1. The molecule has 0 radical (unpaired) electrons. The Bertz CT molecular complexity index is 328. The number of halogens is 1. The summed E-state index contributed by atoms with van der Waals surface area (Å²) in [6.07, 6.45) is 1.42. The monoisotopic (exact) mass is 248 g/mol. The van der Waals surface area contributed by atoms with E-state index < -0.39 is 0 Å². The molecule has 0 aromatic carbocycles. The quantitative estimate of drug-likeness (QED) is 0.840. The molecule has 1 aromatic rings. The van der Waals surface area contributed by atoms with Gasteiger partial charge in [-0.1, -0.05) is 0 Å². The lowest BCUT2D eigenvalue weighted by atomic mass is 10.2. The predicted molar refractivity (Wildman–Crippen MR) is 62.7 cm³/mol. The number of carbonyl (C=O) groups excluding carboxylic acids is 1. The van der Waals surface area contributed by atoms with Crippen molar-refractivity contribution in [1.29, 1.82) is 0 Å². The molecule has 0 fully saturated rings. The van der Waals surface area contributed by atoms with Crippen molar-refractivity contribution in [1.82, 2.24) is 4.90 Å². The van der Waals surface area contributed by atoms with Gasteiger partial charge in [-0.25, -0.2) is 0 Å². The lowest BCUT2D eigenvalue weighted by molar-refractivity contribution is 0.0743. The molecule has 0 saturated carbocycles. The van der Waals surface area contributed by atoms with E-state index in [0.717, 1.165) is 0 Å². The predicted octanol–water partition coefficient (Wildman–Crippen LogP) is 0.879. The van der Waals surface area contributed by atoms with Gasteiger partial charge < -0.3 is 19.8 Å². The van der Waals surface area contributed by atoms with Crippen molar-refractivity contribution in [2.24, 2.45) is 5.73 Å². The van der Waals surface area contributed by atoms with Crippen LogP contribution in [0.4, 0.5) is 0 Å². The van der Waals surface area contributed by atoms with Gasteiger partial charge in [0, 0.05) is 20.7 Å². The van der Waals surface area contributed by atoms with Crippen LogP contribution in [0.3, 0.4) is 0 Å². The van der Waals surface area contributed by atoms with E-state index >= 15 is 0 Å². The molecule has 2 N–H and O–H groups in total. The van der Waals surface area contributed by atoms with Crippen molar-refractivity contribution in [3.05, 3.63) is 23.7 Å². The molecule has 0 saturated heterocycles. The summed E-state index contributed by atoms with van der Waals surface area (Å²) < 4.78 is 9.97. The molecule has 1 aromatic heterocycles. The molecule has 0 aliphatic carbocycles. The van der Waals surface area contributed by atoms with Gasteiger partial charge in [-0.2, -0.15) is 0 Å². The van der Waals surface area contributed by atoms with Crippen molar-refractivity contribution < 1.29 is 13.9 Å². The van der Waals surface area contributed by atoms with Crippen molar-refractivity contribution in [2.45, 2.75) is 6.54 Å². The minimum absolute atomic E-state index is 0. The van der Waals surface area contributed by atoms with Crippen LogP contribution in [0, 0.1) is 0 Å². The highest BCUT2D eigenvalue weighted by atomic mass is 35.5. The molecule has 92 valence electrons. The fourth-order valence-corrected chi connectivity index (χ4v) is 1.15. The zero-order valence-electron chi connectivity index (χ0n) is 9.43. The third-order valence-corrected chi connectivity index (χ3v) is 2.08. The number of likely N-dealkylation sites (N-methyl/N-ethyl adjacent to an activating group) is 1. The van der Waals surface area contributed by atoms with E-state index in [-0.39, 0.29) is 18.3 Å². The number of rotatable bonds is 5. The van der Waals surface area contributed by atoms with Crippen molar-refractivity contribution in [3.63, 3.8) is 0 Å². The molecule has 16 heavy (non-hydrogen) atoms. The molecule has 1 amide bonds. The summed E-state index contributed by atoms with van der Waals surface area (Å²) in [7, 11) is 3.32. The van der Waals surface area contributed by atoms with Gasteiger partial charge in [0.2, 0.25) is 0 Å². The first kappa shape index (κ1) is 15.0. The van der Waals surface area contributed by atoms with Crippen LogP contribution in [0.1, 0.15) is 16.1 Å². The minimum Gasteiger partial charge on any atom is -0.467 e. The Morgan fingerprint density at radius 1 is 1.62 bits per heavy atom. The van der Waals surface area contributed by atoms with E-state index in [4.69, 9.17) is 14.9 Å². The van der Waals surface area contributed by atoms with Gasteiger partial charge in [0.15, 0.2) is 0 Å². The van der Waals surface area contributed by atoms with E-state index in [1.165, 1.54) is 6.26 Å². The number of nitrogens with zero attached hydrogens (tertiary/aromatic N) is 1. The van der Waals surface area contributed by atoms with Crippen LogP contribution < -0.4 is 5.73 Å². The van der Waals surface area contributed by atoms with Crippen LogP contribution in [0.2, 0.25) is 0 Å². The number of methoxy groups -OCH3 is 1. The summed E-state index contributed by atoms with van der Waals surface area (Å²) in [5.74, 6) is 0.522. The molecule has 0 atom stereocenters. The summed E-state index contributed by atoms with van der Waals surface area (Å²) in [5.41, 5.74) is 5.90. The number of carbonyl (C=O) groups is 1. The van der Waals surface area contributed by atoms with Crippen molar-refractivity contribution >= 4 is 18.3 Å². The Labute approximate surface area is 101 Å². The average Bonchev–Trinajstić information content (AvgIpc) is 2.73. The van der Waals surface area contributed by atoms with Crippen LogP contribution in [0.15, 0.2) is 16.7 Å². The lowest BCUT2D eigenvalue weighted by Crippen LogP contribution is -2.29. The van der Waals surface area contributed by atoms with E-state index in [9.17, 15) is 4.79 Å². The first-order valence-electron chi connectivity index (χ1n) is 4.71. The fourth-order valence-electron chi connectivity index (χ4n) is 1.15. The summed E-state index contributed by atoms with van der Waals surface area (Å²) >= 11 is 0. The largest absolute Gasteiger partial charge is 0.467 e. The van der Waals surface area contributed by atoms with Crippen molar-refractivity contribution in [2.75, 3.05) is 27.3 Å². The molecule has 0 aliphatic heterocycles. The Balaban J connectivity index is 0.00000225. The van der Waals surface area contributed by atoms with Crippen molar-refractivity contribution in [3.8, 4) is 0 Å². The average molecular weight is 249 g/mol. The second kappa shape index (κ2) is 7.27. The molecular formula is C10H17ClN2O3. The normalized spacial score (nSPS) is 9.69. The summed E-state index contributed by atoms with van der Waals surface area (Å²) in [4.78, 5) is 13.3. The third-order valence-electron chi connectivity index (χ3n) is 2.08. The van der Waals surface area contributed by atoms with E-state index in [0.29, 0.717) is 31.0 Å². The molecular weight excluding hydrogens is 232 g/mol. The summed E-state index contributed by atoms with van der Waals surface area (Å²) in [6.45, 7) is 1.37. The Morgan fingerprint density at radius 2 is 2.31 bits per heavy atom. The van der Waals surface area contributed by atoms with Crippen LogP contribution in [-0.2, 0) is 11.3 Å². The standard InChI is InChI=1S/C10H16N2O3.ClH/c1-12(3-4-14-2)10(13)8-5-9(6-11)15-7-8;/h5,7H,3-4,6,11H2,1-2H3;1H. The van der Waals surface area contributed by atoms with Gasteiger partial charge in [-0.05, 0) is 6.07 Å². The maximum atomic E-state index is 11.7. The molecule has 1 heterocycles. The van der Waals surface area contributed by atoms with Gasteiger partial charge in [-0.15, -0.1) is 12.4 Å². The number of ether oxygens (including phenoxy) is 1. The van der Waals surface area contributed by atoms with Gasteiger partial charge in [-0.3, -0.25) is 4.79 Å². The van der Waals surface area contributed by atoms with Crippen LogP contribution in [0.25, 0.3) is 0 Å². The Kier molecular flexibility index (Phi) is 6.80. The maximum Gasteiger partial charge on any atom is 0.256 e. The number of furan rings is 1.